The summed E-state index contributed by atoms with van der Waals surface area (Å²) < 4.78 is 28.0. The van der Waals surface area contributed by atoms with Gasteiger partial charge in [0.2, 0.25) is 5.95 Å². The van der Waals surface area contributed by atoms with Crippen LogP contribution < -0.4 is 5.73 Å². The number of thiophene rings is 1. The molecular weight excluding hydrogens is 418 g/mol. The number of nitrogen functional groups attached to an aromatic ring is 1. The van der Waals surface area contributed by atoms with Crippen LogP contribution in [0.1, 0.15) is 19.3 Å². The second-order valence-corrected chi connectivity index (χ2v) is 10.6. The third-order valence-electron chi connectivity index (χ3n) is 5.40. The number of hydrogen-bond donors (Lipinski definition) is 2. The number of H-pyrrole nitrogens is 1. The largest absolute Gasteiger partial charge is 0.368 e. The first-order valence-electron chi connectivity index (χ1n) is 9.83. The number of nitrogens with two attached hydrogens (primary N) is 1. The van der Waals surface area contributed by atoms with Gasteiger partial charge in [-0.1, -0.05) is 12.5 Å². The van der Waals surface area contributed by atoms with Gasteiger partial charge in [-0.05, 0) is 54.1 Å². The van der Waals surface area contributed by atoms with Gasteiger partial charge in [0.1, 0.15) is 4.21 Å². The minimum Gasteiger partial charge on any atom is -0.368 e. The van der Waals surface area contributed by atoms with Crippen molar-refractivity contribution in [3.63, 3.8) is 0 Å². The summed E-state index contributed by atoms with van der Waals surface area (Å²) in [5.74, 6) is 0.158. The van der Waals surface area contributed by atoms with Crippen LogP contribution in [0.3, 0.4) is 0 Å². The topological polar surface area (TPSA) is 105 Å². The monoisotopic (exact) mass is 439 g/mol. The van der Waals surface area contributed by atoms with E-state index in [-0.39, 0.29) is 5.95 Å². The van der Waals surface area contributed by atoms with E-state index in [9.17, 15) is 8.42 Å². The quantitative estimate of drug-likeness (QED) is 0.498. The van der Waals surface area contributed by atoms with Gasteiger partial charge >= 0.3 is 0 Å². The molecule has 0 spiro atoms. The van der Waals surface area contributed by atoms with Gasteiger partial charge in [0.05, 0.1) is 10.6 Å². The summed E-state index contributed by atoms with van der Waals surface area (Å²) in [6.45, 7) is 1.16. The molecule has 1 aliphatic heterocycles. The van der Waals surface area contributed by atoms with Crippen LogP contribution in [0.2, 0.25) is 0 Å². The summed E-state index contributed by atoms with van der Waals surface area (Å²) in [6, 6.07) is 11.5. The Labute approximate surface area is 178 Å². The number of aromatic nitrogens is 3. The summed E-state index contributed by atoms with van der Waals surface area (Å²) in [5.41, 5.74) is 9.33. The van der Waals surface area contributed by atoms with Gasteiger partial charge in [0, 0.05) is 36.6 Å². The molecule has 3 aromatic heterocycles. The normalized spacial score (nSPS) is 15.6. The second kappa shape index (κ2) is 7.50. The Hall–Kier alpha value is -2.75. The van der Waals surface area contributed by atoms with Crippen molar-refractivity contribution in [1.82, 2.24) is 19.3 Å². The second-order valence-electron chi connectivity index (χ2n) is 7.35. The molecule has 0 saturated carbocycles. The van der Waals surface area contributed by atoms with Crippen molar-refractivity contribution in [2.45, 2.75) is 23.5 Å². The Morgan fingerprint density at radius 2 is 1.90 bits per heavy atom. The first-order chi connectivity index (χ1) is 14.5. The molecule has 0 unspecified atom stereocenters. The third kappa shape index (κ3) is 3.38. The number of nitrogens with one attached hydrogen (secondary N) is 1. The summed E-state index contributed by atoms with van der Waals surface area (Å²) in [5, 5.41) is 1.08. The number of fused-ring (bicyclic) bond motifs is 1. The zero-order valence-corrected chi connectivity index (χ0v) is 17.8. The third-order valence-corrected chi connectivity index (χ3v) is 8.85. The highest BCUT2D eigenvalue weighted by Gasteiger charge is 2.28. The van der Waals surface area contributed by atoms with Crippen molar-refractivity contribution >= 4 is 38.2 Å². The molecule has 4 aromatic rings. The van der Waals surface area contributed by atoms with Crippen molar-refractivity contribution in [2.24, 2.45) is 0 Å². The van der Waals surface area contributed by atoms with Crippen molar-refractivity contribution in [2.75, 3.05) is 18.8 Å². The van der Waals surface area contributed by atoms with Crippen molar-refractivity contribution in [3.05, 3.63) is 48.8 Å². The fourth-order valence-corrected chi connectivity index (χ4v) is 6.82. The van der Waals surface area contributed by atoms with E-state index in [4.69, 9.17) is 5.73 Å². The summed E-state index contributed by atoms with van der Waals surface area (Å²) in [6.07, 6.45) is 6.49. The van der Waals surface area contributed by atoms with E-state index < -0.39 is 10.0 Å². The molecule has 5 rings (SSSR count). The van der Waals surface area contributed by atoms with Gasteiger partial charge in [-0.15, -0.1) is 11.3 Å². The number of nitrogens with zero attached hydrogens (tertiary/aromatic N) is 3. The van der Waals surface area contributed by atoms with E-state index >= 15 is 0 Å². The van der Waals surface area contributed by atoms with E-state index in [2.05, 4.69) is 21.0 Å². The fourth-order valence-electron chi connectivity index (χ4n) is 3.83. The smallest absolute Gasteiger partial charge is 0.252 e. The average molecular weight is 440 g/mol. The summed E-state index contributed by atoms with van der Waals surface area (Å²) in [7, 11) is -3.49. The molecule has 0 aliphatic carbocycles. The molecular formula is C21H21N5O2S2. The Balaban J connectivity index is 1.57. The van der Waals surface area contributed by atoms with E-state index in [0.717, 1.165) is 46.2 Å². The van der Waals surface area contributed by atoms with Gasteiger partial charge in [0.25, 0.3) is 10.0 Å². The van der Waals surface area contributed by atoms with E-state index in [0.29, 0.717) is 23.0 Å². The van der Waals surface area contributed by atoms with E-state index in [1.54, 1.807) is 16.6 Å². The van der Waals surface area contributed by atoms with Crippen molar-refractivity contribution in [1.29, 1.82) is 0 Å². The minimum absolute atomic E-state index is 0.158. The summed E-state index contributed by atoms with van der Waals surface area (Å²) >= 11 is 1.23. The maximum absolute atomic E-state index is 13.0. The molecule has 154 valence electrons. The van der Waals surface area contributed by atoms with Crippen LogP contribution in [-0.4, -0.2) is 40.8 Å². The van der Waals surface area contributed by atoms with Gasteiger partial charge < -0.3 is 10.7 Å². The molecule has 30 heavy (non-hydrogen) atoms. The predicted molar refractivity (Wildman–Crippen MR) is 120 cm³/mol. The molecule has 1 saturated heterocycles. The molecule has 7 nitrogen and oxygen atoms in total. The zero-order chi connectivity index (χ0) is 20.7. The highest BCUT2D eigenvalue weighted by atomic mass is 32.2. The van der Waals surface area contributed by atoms with Crippen LogP contribution in [0.4, 0.5) is 5.95 Å². The molecule has 4 heterocycles. The standard InChI is InChI=1S/C21H21N5O2S2/c22-21-24-13-16(14-4-5-17-15(12-14)8-9-23-17)20(25-21)18-6-7-19(29-18)30(27,28)26-10-2-1-3-11-26/h4-9,12-13,23H,1-3,10-11H2,(H2,22,24,25). The number of anilines is 1. The zero-order valence-electron chi connectivity index (χ0n) is 16.2. The average Bonchev–Trinajstić information content (AvgIpc) is 3.44. The molecule has 1 fully saturated rings. The van der Waals surface area contributed by atoms with Gasteiger partial charge in [-0.3, -0.25) is 0 Å². The SMILES string of the molecule is Nc1ncc(-c2ccc3[nH]ccc3c2)c(-c2ccc(S(=O)(=O)N3CCCCC3)s2)n1. The molecule has 3 N–H and O–H groups in total. The fraction of sp³-hybridized carbons (Fsp3) is 0.238. The van der Waals surface area contributed by atoms with Crippen LogP contribution in [-0.2, 0) is 10.0 Å². The van der Waals surface area contributed by atoms with Crippen LogP contribution in [0.5, 0.6) is 0 Å². The Morgan fingerprint density at radius 1 is 1.07 bits per heavy atom. The first kappa shape index (κ1) is 19.2. The lowest BCUT2D eigenvalue weighted by Crippen LogP contribution is -2.35. The Morgan fingerprint density at radius 3 is 2.73 bits per heavy atom. The van der Waals surface area contributed by atoms with Crippen molar-refractivity contribution < 1.29 is 8.42 Å². The highest BCUT2D eigenvalue weighted by Crippen LogP contribution is 2.38. The molecule has 1 aromatic carbocycles. The van der Waals surface area contributed by atoms with E-state index in [1.807, 2.05) is 30.5 Å². The molecule has 1 aliphatic rings. The van der Waals surface area contributed by atoms with Crippen LogP contribution in [0.25, 0.3) is 32.6 Å². The van der Waals surface area contributed by atoms with E-state index in [1.165, 1.54) is 11.3 Å². The van der Waals surface area contributed by atoms with Gasteiger partial charge in [-0.25, -0.2) is 18.4 Å². The molecule has 0 amide bonds. The maximum Gasteiger partial charge on any atom is 0.252 e. The number of sulfonamides is 1. The Kier molecular flexibility index (Phi) is 4.80. The number of benzene rings is 1. The van der Waals surface area contributed by atoms with Gasteiger partial charge in [0.15, 0.2) is 0 Å². The summed E-state index contributed by atoms with van der Waals surface area (Å²) in [4.78, 5) is 12.6. The lowest BCUT2D eigenvalue weighted by molar-refractivity contribution is 0.347. The predicted octanol–water partition coefficient (Wildman–Crippen LogP) is 4.11. The number of aromatic amines is 1. The Bertz CT molecular complexity index is 1320. The van der Waals surface area contributed by atoms with Crippen LogP contribution in [0, 0.1) is 0 Å². The highest BCUT2D eigenvalue weighted by molar-refractivity contribution is 7.91. The maximum atomic E-state index is 13.0. The van der Waals surface area contributed by atoms with Crippen LogP contribution >= 0.6 is 11.3 Å². The lowest BCUT2D eigenvalue weighted by Gasteiger charge is -2.25. The number of hydrogen-bond acceptors (Lipinski definition) is 6. The number of piperidine rings is 1. The molecule has 0 atom stereocenters. The van der Waals surface area contributed by atoms with Crippen LogP contribution in [0.15, 0.2) is 53.0 Å². The lowest BCUT2D eigenvalue weighted by atomic mass is 10.0. The number of rotatable bonds is 4. The first-order valence-corrected chi connectivity index (χ1v) is 12.1. The van der Waals surface area contributed by atoms with Gasteiger partial charge in [-0.2, -0.15) is 4.31 Å². The minimum atomic E-state index is -3.49. The molecule has 9 heteroatoms. The molecule has 0 radical (unpaired) electrons. The van der Waals surface area contributed by atoms with Crippen molar-refractivity contribution in [3.8, 4) is 21.7 Å². The molecule has 0 bridgehead atoms.